The van der Waals surface area contributed by atoms with Crippen LogP contribution in [0.4, 0.5) is 0 Å². The Morgan fingerprint density at radius 2 is 1.65 bits per heavy atom. The van der Waals surface area contributed by atoms with Gasteiger partial charge in [0.25, 0.3) is 11.8 Å². The number of carbonyl (C=O) groups excluding carboxylic acids is 2. The van der Waals surface area contributed by atoms with E-state index in [2.05, 4.69) is 39.5 Å². The average Bonchev–Trinajstić information content (AvgIpc) is 3.44. The first-order valence-corrected chi connectivity index (χ1v) is 17.5. The van der Waals surface area contributed by atoms with E-state index in [-0.39, 0.29) is 29.8 Å². The number of hydrogen-bond donors (Lipinski definition) is 1. The van der Waals surface area contributed by atoms with Crippen molar-refractivity contribution in [1.82, 2.24) is 23.9 Å². The molecule has 2 amide bonds. The van der Waals surface area contributed by atoms with Crippen molar-refractivity contribution in [1.29, 1.82) is 0 Å². The maximum absolute atomic E-state index is 14.0. The van der Waals surface area contributed by atoms with Crippen molar-refractivity contribution < 1.29 is 14.3 Å². The van der Waals surface area contributed by atoms with Gasteiger partial charge in [0.2, 0.25) is 0 Å². The second kappa shape index (κ2) is 11.4. The molecule has 0 spiro atoms. The summed E-state index contributed by atoms with van der Waals surface area (Å²) in [6, 6.07) is 21.8. The molecular weight excluding hydrogens is 624 g/mol. The van der Waals surface area contributed by atoms with Crippen molar-refractivity contribution in [3.8, 4) is 17.3 Å². The van der Waals surface area contributed by atoms with Crippen LogP contribution < -0.4 is 10.5 Å². The summed E-state index contributed by atoms with van der Waals surface area (Å²) in [5, 5.41) is 1.79. The van der Waals surface area contributed by atoms with Gasteiger partial charge in [0.1, 0.15) is 11.3 Å². The highest BCUT2D eigenvalue weighted by Crippen LogP contribution is 2.41. The molecule has 2 saturated carbocycles. The Bertz CT molecular complexity index is 2080. The van der Waals surface area contributed by atoms with Crippen LogP contribution in [-0.4, -0.2) is 74.6 Å². The summed E-state index contributed by atoms with van der Waals surface area (Å²) in [5.41, 5.74) is 11.6. The first-order valence-electron chi connectivity index (χ1n) is 17.1. The number of piperidine rings is 1. The Labute approximate surface area is 284 Å². The van der Waals surface area contributed by atoms with Gasteiger partial charge in [-0.15, -0.1) is 0 Å². The van der Waals surface area contributed by atoms with Gasteiger partial charge >= 0.3 is 0 Å². The monoisotopic (exact) mass is 662 g/mol. The molecule has 9 rings (SSSR count). The van der Waals surface area contributed by atoms with Gasteiger partial charge in [0, 0.05) is 77.8 Å². The third-order valence-corrected chi connectivity index (χ3v) is 11.4. The van der Waals surface area contributed by atoms with Crippen LogP contribution in [0.25, 0.3) is 33.5 Å². The molecule has 9 nitrogen and oxygen atoms in total. The van der Waals surface area contributed by atoms with Gasteiger partial charge in [-0.05, 0) is 86.1 Å². The molecule has 246 valence electrons. The molecule has 4 heterocycles. The number of ether oxygens (including phenoxy) is 1. The molecular formula is C38H39ClN6O3. The summed E-state index contributed by atoms with van der Waals surface area (Å²) < 4.78 is 10.7. The number of para-hydroxylation sites is 1. The van der Waals surface area contributed by atoms with Gasteiger partial charge in [-0.2, -0.15) is 0 Å². The van der Waals surface area contributed by atoms with E-state index >= 15 is 0 Å². The van der Waals surface area contributed by atoms with E-state index < -0.39 is 0 Å². The van der Waals surface area contributed by atoms with Gasteiger partial charge in [0.15, 0.2) is 5.82 Å². The molecule has 2 aliphatic heterocycles. The molecule has 5 aromatic rings. The molecule has 2 N–H and O–H groups in total. The average molecular weight is 663 g/mol. The number of nitrogens with zero attached hydrogens (tertiary/aromatic N) is 5. The van der Waals surface area contributed by atoms with E-state index in [0.717, 1.165) is 41.9 Å². The summed E-state index contributed by atoms with van der Waals surface area (Å²) >= 11 is 6.06. The minimum absolute atomic E-state index is 0.00727. The zero-order valence-electron chi connectivity index (χ0n) is 27.0. The standard InChI is InChI=1S/C38H39ClN6O3/c1-48-33-16-27(38(47)44-21-26-10-13-31(44)34(26)40)14-29-35(33)45(20-23-17-42(18-23)37(46)24-8-11-28(39)12-9-24)36(41-29)32-15-25-4-2-3-5-30(25)43(32)19-22-6-7-22/h2-5,8-9,11-12,14-16,22-23,26,31,34H,6-7,10,13,17-21,40H2,1H3/t26-,31-,34-/m1/s1. The van der Waals surface area contributed by atoms with Gasteiger partial charge < -0.3 is 29.4 Å². The lowest BCUT2D eigenvalue weighted by molar-refractivity contribution is 0.0471. The normalized spacial score (nSPS) is 22.2. The van der Waals surface area contributed by atoms with Crippen LogP contribution in [0, 0.1) is 17.8 Å². The third-order valence-electron chi connectivity index (χ3n) is 11.1. The van der Waals surface area contributed by atoms with Crippen LogP contribution in [0.1, 0.15) is 46.4 Å². The molecule has 2 saturated heterocycles. The summed E-state index contributed by atoms with van der Waals surface area (Å²) in [4.78, 5) is 36.3. The lowest BCUT2D eigenvalue weighted by Crippen LogP contribution is -2.51. The fourth-order valence-electron chi connectivity index (χ4n) is 8.37. The number of hydrogen-bond acceptors (Lipinski definition) is 5. The highest BCUT2D eigenvalue weighted by molar-refractivity contribution is 6.30. The van der Waals surface area contributed by atoms with Gasteiger partial charge in [-0.3, -0.25) is 9.59 Å². The van der Waals surface area contributed by atoms with Crippen LogP contribution in [0.5, 0.6) is 5.75 Å². The number of likely N-dealkylation sites (tertiary alicyclic amines) is 2. The molecule has 3 aromatic carbocycles. The Morgan fingerprint density at radius 1 is 0.875 bits per heavy atom. The van der Waals surface area contributed by atoms with Gasteiger partial charge in [-0.25, -0.2) is 4.98 Å². The van der Waals surface area contributed by atoms with Crippen molar-refractivity contribution in [2.45, 2.75) is 50.9 Å². The predicted octanol–water partition coefficient (Wildman–Crippen LogP) is 6.06. The number of carbonyl (C=O) groups is 2. The first-order chi connectivity index (χ1) is 23.4. The smallest absolute Gasteiger partial charge is 0.254 e. The number of amides is 2. The largest absolute Gasteiger partial charge is 0.494 e. The molecule has 0 unspecified atom stereocenters. The second-order valence-electron chi connectivity index (χ2n) is 14.3. The van der Waals surface area contributed by atoms with Crippen molar-refractivity contribution >= 4 is 45.4 Å². The third kappa shape index (κ3) is 4.89. The molecule has 3 atom stereocenters. The van der Waals surface area contributed by atoms with E-state index in [1.54, 1.807) is 31.4 Å². The number of halogens is 1. The second-order valence-corrected chi connectivity index (χ2v) is 14.7. The Morgan fingerprint density at radius 3 is 2.35 bits per heavy atom. The van der Waals surface area contributed by atoms with Crippen LogP contribution in [0.3, 0.4) is 0 Å². The molecule has 2 bridgehead atoms. The predicted molar refractivity (Wildman–Crippen MR) is 186 cm³/mol. The number of rotatable bonds is 8. The van der Waals surface area contributed by atoms with Crippen LogP contribution in [0.2, 0.25) is 5.02 Å². The summed E-state index contributed by atoms with van der Waals surface area (Å²) in [6.45, 7) is 3.59. The van der Waals surface area contributed by atoms with E-state index in [9.17, 15) is 9.59 Å². The zero-order chi connectivity index (χ0) is 32.7. The van der Waals surface area contributed by atoms with Gasteiger partial charge in [0.05, 0.1) is 18.3 Å². The van der Waals surface area contributed by atoms with Crippen molar-refractivity contribution in [3.05, 3.63) is 82.9 Å². The summed E-state index contributed by atoms with van der Waals surface area (Å²) in [7, 11) is 1.66. The van der Waals surface area contributed by atoms with E-state index in [1.807, 2.05) is 21.9 Å². The van der Waals surface area contributed by atoms with Crippen LogP contribution in [0.15, 0.2) is 66.7 Å². The fourth-order valence-corrected chi connectivity index (χ4v) is 8.49. The molecule has 10 heteroatoms. The molecule has 0 radical (unpaired) electrons. The van der Waals surface area contributed by atoms with Crippen molar-refractivity contribution in [2.75, 3.05) is 26.7 Å². The maximum atomic E-state index is 14.0. The minimum Gasteiger partial charge on any atom is -0.494 e. The molecule has 2 aliphatic carbocycles. The lowest BCUT2D eigenvalue weighted by Gasteiger charge is -2.40. The quantitative estimate of drug-likeness (QED) is 0.218. The number of benzene rings is 3. The van der Waals surface area contributed by atoms with E-state index in [1.165, 1.54) is 23.7 Å². The maximum Gasteiger partial charge on any atom is 0.254 e. The highest BCUT2D eigenvalue weighted by Gasteiger charge is 2.47. The topological polar surface area (TPSA) is 98.6 Å². The van der Waals surface area contributed by atoms with E-state index in [0.29, 0.717) is 59.9 Å². The lowest BCUT2D eigenvalue weighted by atomic mass is 9.98. The summed E-state index contributed by atoms with van der Waals surface area (Å²) in [6.07, 6.45) is 4.52. The Hall–Kier alpha value is -4.34. The zero-order valence-corrected chi connectivity index (χ0v) is 27.8. The minimum atomic E-state index is -0.00727. The molecule has 48 heavy (non-hydrogen) atoms. The first kappa shape index (κ1) is 29.8. The van der Waals surface area contributed by atoms with E-state index in [4.69, 9.17) is 27.1 Å². The van der Waals surface area contributed by atoms with Crippen molar-refractivity contribution in [3.63, 3.8) is 0 Å². The number of methoxy groups -OCH3 is 1. The molecule has 4 fully saturated rings. The molecule has 2 aromatic heterocycles. The Kier molecular flexibility index (Phi) is 7.06. The number of imidazole rings is 1. The van der Waals surface area contributed by atoms with Gasteiger partial charge in [-0.1, -0.05) is 29.8 Å². The van der Waals surface area contributed by atoms with Crippen LogP contribution >= 0.6 is 11.6 Å². The van der Waals surface area contributed by atoms with Crippen molar-refractivity contribution in [2.24, 2.45) is 23.5 Å². The SMILES string of the molecule is COc1cc(C(=O)N2C[C@H]3CC[C@@H]2[C@@H]3N)cc2nc(-c3cc4ccccc4n3CC3CC3)n(CC3CN(C(=O)c4ccc(Cl)cc4)C3)c12. The fraction of sp³-hybridized carbons (Fsp3) is 0.395. The summed E-state index contributed by atoms with van der Waals surface area (Å²) in [5.74, 6) is 2.75. The number of nitrogens with two attached hydrogens (primary N) is 1. The Balaban J connectivity index is 1.11. The molecule has 4 aliphatic rings. The van der Waals surface area contributed by atoms with Crippen LogP contribution in [-0.2, 0) is 13.1 Å². The highest BCUT2D eigenvalue weighted by atomic mass is 35.5. The number of fused-ring (bicyclic) bond motifs is 4. The number of aromatic nitrogens is 3.